The first-order chi connectivity index (χ1) is 8.58. The molecule has 0 saturated heterocycles. The molecule has 0 aliphatic carbocycles. The van der Waals surface area contributed by atoms with Gasteiger partial charge in [0.1, 0.15) is 0 Å². The predicted molar refractivity (Wildman–Crippen MR) is 73.9 cm³/mol. The standard InChI is InChI=1S/C12H19N3O3S/c1-12(2,13)7-6-11(16)15-9-4-3-5-10(8-9)19(14,17)18/h3-5,8H,6-7,13H2,1-2H3,(H,15,16)(H2,14,17,18). The minimum Gasteiger partial charge on any atom is -0.326 e. The number of nitrogens with one attached hydrogen (secondary N) is 1. The van der Waals surface area contributed by atoms with E-state index in [4.69, 9.17) is 10.9 Å². The summed E-state index contributed by atoms with van der Waals surface area (Å²) < 4.78 is 22.4. The molecule has 0 atom stereocenters. The molecule has 7 heteroatoms. The van der Waals surface area contributed by atoms with E-state index < -0.39 is 15.6 Å². The molecule has 0 bridgehead atoms. The second kappa shape index (κ2) is 5.68. The molecule has 6 nitrogen and oxygen atoms in total. The first-order valence-electron chi connectivity index (χ1n) is 5.79. The van der Waals surface area contributed by atoms with Crippen molar-refractivity contribution in [3.8, 4) is 0 Å². The fourth-order valence-corrected chi connectivity index (χ4v) is 1.97. The molecule has 0 fully saturated rings. The molecule has 19 heavy (non-hydrogen) atoms. The number of amides is 1. The Morgan fingerprint density at radius 1 is 1.37 bits per heavy atom. The van der Waals surface area contributed by atoms with E-state index in [-0.39, 0.29) is 17.2 Å². The zero-order valence-electron chi connectivity index (χ0n) is 11.0. The van der Waals surface area contributed by atoms with E-state index in [9.17, 15) is 13.2 Å². The van der Waals surface area contributed by atoms with Crippen molar-refractivity contribution in [2.45, 2.75) is 37.1 Å². The van der Waals surface area contributed by atoms with Crippen molar-refractivity contribution in [2.24, 2.45) is 10.9 Å². The molecule has 1 aromatic carbocycles. The molecule has 0 unspecified atom stereocenters. The Morgan fingerprint density at radius 2 is 2.00 bits per heavy atom. The lowest BCUT2D eigenvalue weighted by Crippen LogP contribution is -2.33. The lowest BCUT2D eigenvalue weighted by atomic mass is 10.00. The predicted octanol–water partition coefficient (Wildman–Crippen LogP) is 0.790. The molecule has 1 aromatic rings. The summed E-state index contributed by atoms with van der Waals surface area (Å²) in [6.45, 7) is 3.67. The number of anilines is 1. The molecule has 0 heterocycles. The minimum atomic E-state index is -3.77. The lowest BCUT2D eigenvalue weighted by Gasteiger charge is -2.17. The largest absolute Gasteiger partial charge is 0.326 e. The Balaban J connectivity index is 2.70. The number of sulfonamides is 1. The van der Waals surface area contributed by atoms with Crippen LogP contribution in [0.5, 0.6) is 0 Å². The van der Waals surface area contributed by atoms with Crippen LogP contribution in [0.15, 0.2) is 29.2 Å². The van der Waals surface area contributed by atoms with Crippen LogP contribution in [0.25, 0.3) is 0 Å². The molecule has 1 rings (SSSR count). The summed E-state index contributed by atoms with van der Waals surface area (Å²) in [7, 11) is -3.77. The molecule has 106 valence electrons. The molecule has 0 radical (unpaired) electrons. The highest BCUT2D eigenvalue weighted by Crippen LogP contribution is 2.15. The summed E-state index contributed by atoms with van der Waals surface area (Å²) in [5.74, 6) is -0.218. The smallest absolute Gasteiger partial charge is 0.238 e. The maximum absolute atomic E-state index is 11.7. The van der Waals surface area contributed by atoms with Gasteiger partial charge in [-0.25, -0.2) is 13.6 Å². The van der Waals surface area contributed by atoms with E-state index in [1.54, 1.807) is 6.07 Å². The molecule has 0 aliphatic heterocycles. The molecule has 0 aromatic heterocycles. The van der Waals surface area contributed by atoms with Crippen molar-refractivity contribution in [3.63, 3.8) is 0 Å². The molecular weight excluding hydrogens is 266 g/mol. The summed E-state index contributed by atoms with van der Waals surface area (Å²) >= 11 is 0. The van der Waals surface area contributed by atoms with Gasteiger partial charge in [0.15, 0.2) is 0 Å². The van der Waals surface area contributed by atoms with Crippen molar-refractivity contribution in [1.82, 2.24) is 0 Å². The molecule has 0 spiro atoms. The first kappa shape index (κ1) is 15.6. The van der Waals surface area contributed by atoms with Crippen LogP contribution >= 0.6 is 0 Å². The van der Waals surface area contributed by atoms with Crippen LogP contribution in [0.3, 0.4) is 0 Å². The zero-order valence-corrected chi connectivity index (χ0v) is 11.8. The van der Waals surface area contributed by atoms with Crippen LogP contribution in [0.1, 0.15) is 26.7 Å². The van der Waals surface area contributed by atoms with Crippen LogP contribution < -0.4 is 16.2 Å². The molecular formula is C12H19N3O3S. The maximum atomic E-state index is 11.7. The number of carbonyl (C=O) groups excluding carboxylic acids is 1. The van der Waals surface area contributed by atoms with Crippen molar-refractivity contribution in [1.29, 1.82) is 0 Å². The highest BCUT2D eigenvalue weighted by Gasteiger charge is 2.14. The van der Waals surface area contributed by atoms with Gasteiger partial charge >= 0.3 is 0 Å². The van der Waals surface area contributed by atoms with Gasteiger partial charge < -0.3 is 11.1 Å². The van der Waals surface area contributed by atoms with Gasteiger partial charge in [-0.3, -0.25) is 4.79 Å². The highest BCUT2D eigenvalue weighted by atomic mass is 32.2. The number of benzene rings is 1. The Kier molecular flexibility index (Phi) is 4.67. The Bertz CT molecular complexity index is 562. The number of carbonyl (C=O) groups is 1. The number of rotatable bonds is 5. The molecule has 1 amide bonds. The van der Waals surface area contributed by atoms with E-state index in [1.165, 1.54) is 18.2 Å². The second-order valence-corrected chi connectivity index (χ2v) is 6.67. The Labute approximate surface area is 113 Å². The lowest BCUT2D eigenvalue weighted by molar-refractivity contribution is -0.116. The van der Waals surface area contributed by atoms with Gasteiger partial charge in [0.2, 0.25) is 15.9 Å². The van der Waals surface area contributed by atoms with E-state index >= 15 is 0 Å². The van der Waals surface area contributed by atoms with Crippen molar-refractivity contribution < 1.29 is 13.2 Å². The van der Waals surface area contributed by atoms with Gasteiger partial charge in [0, 0.05) is 17.6 Å². The quantitative estimate of drug-likeness (QED) is 0.741. The Morgan fingerprint density at radius 3 is 2.53 bits per heavy atom. The van der Waals surface area contributed by atoms with Crippen molar-refractivity contribution in [3.05, 3.63) is 24.3 Å². The summed E-state index contributed by atoms with van der Waals surface area (Å²) in [6.07, 6.45) is 0.802. The van der Waals surface area contributed by atoms with E-state index in [2.05, 4.69) is 5.32 Å². The number of nitrogens with two attached hydrogens (primary N) is 2. The van der Waals surface area contributed by atoms with Crippen LogP contribution in [0.4, 0.5) is 5.69 Å². The van der Waals surface area contributed by atoms with E-state index in [1.807, 2.05) is 13.8 Å². The number of hydrogen-bond donors (Lipinski definition) is 3. The van der Waals surface area contributed by atoms with Gasteiger partial charge in [0.25, 0.3) is 0 Å². The third-order valence-corrected chi connectivity index (χ3v) is 3.35. The van der Waals surface area contributed by atoms with Gasteiger partial charge in [-0.2, -0.15) is 0 Å². The van der Waals surface area contributed by atoms with Crippen LogP contribution in [-0.4, -0.2) is 19.9 Å². The average Bonchev–Trinajstić information content (AvgIpc) is 2.25. The van der Waals surface area contributed by atoms with Gasteiger partial charge in [-0.05, 0) is 38.5 Å². The first-order valence-corrected chi connectivity index (χ1v) is 7.34. The summed E-state index contributed by atoms with van der Waals surface area (Å²) in [5.41, 5.74) is 5.76. The normalized spacial score (nSPS) is 12.2. The topological polar surface area (TPSA) is 115 Å². The van der Waals surface area contributed by atoms with E-state index in [0.29, 0.717) is 12.1 Å². The fourth-order valence-electron chi connectivity index (χ4n) is 1.41. The van der Waals surface area contributed by atoms with Crippen molar-refractivity contribution in [2.75, 3.05) is 5.32 Å². The van der Waals surface area contributed by atoms with Crippen LogP contribution in [-0.2, 0) is 14.8 Å². The SMILES string of the molecule is CC(C)(N)CCC(=O)Nc1cccc(S(N)(=O)=O)c1. The maximum Gasteiger partial charge on any atom is 0.238 e. The third kappa shape index (κ3) is 5.82. The van der Waals surface area contributed by atoms with Gasteiger partial charge in [0.05, 0.1) is 4.90 Å². The minimum absolute atomic E-state index is 0.0375. The van der Waals surface area contributed by atoms with E-state index in [0.717, 1.165) is 0 Å². The molecule has 5 N–H and O–H groups in total. The summed E-state index contributed by atoms with van der Waals surface area (Å²) in [6, 6.07) is 5.80. The molecule has 0 aliphatic rings. The average molecular weight is 285 g/mol. The van der Waals surface area contributed by atoms with Gasteiger partial charge in [-0.1, -0.05) is 6.07 Å². The number of primary sulfonamides is 1. The summed E-state index contributed by atoms with van der Waals surface area (Å²) in [4.78, 5) is 11.6. The van der Waals surface area contributed by atoms with Gasteiger partial charge in [-0.15, -0.1) is 0 Å². The second-order valence-electron chi connectivity index (χ2n) is 5.11. The zero-order chi connectivity index (χ0) is 14.7. The van der Waals surface area contributed by atoms with Crippen molar-refractivity contribution >= 4 is 21.6 Å². The Hall–Kier alpha value is -1.44. The summed E-state index contributed by atoms with van der Waals surface area (Å²) in [5, 5.41) is 7.63. The van der Waals surface area contributed by atoms with Crippen LogP contribution in [0.2, 0.25) is 0 Å². The van der Waals surface area contributed by atoms with Crippen LogP contribution in [0, 0.1) is 0 Å². The monoisotopic (exact) mass is 285 g/mol. The third-order valence-electron chi connectivity index (χ3n) is 2.44. The fraction of sp³-hybridized carbons (Fsp3) is 0.417. The number of hydrogen-bond acceptors (Lipinski definition) is 4. The molecule has 0 saturated carbocycles. The highest BCUT2D eigenvalue weighted by molar-refractivity contribution is 7.89.